The highest BCUT2D eigenvalue weighted by molar-refractivity contribution is 6.46. The van der Waals surface area contributed by atoms with Gasteiger partial charge >= 0.3 is 0 Å². The van der Waals surface area contributed by atoms with Gasteiger partial charge in [-0.3, -0.25) is 9.59 Å². The number of nitrogens with zero attached hydrogens (tertiary/aromatic N) is 1. The van der Waals surface area contributed by atoms with E-state index in [2.05, 4.69) is 6.92 Å². The van der Waals surface area contributed by atoms with Crippen LogP contribution in [0.4, 0.5) is 0 Å². The van der Waals surface area contributed by atoms with Crippen LogP contribution >= 0.6 is 0 Å². The number of methoxy groups -OCH3 is 1. The number of aliphatic hydroxyl groups excluding tert-OH is 1. The number of unbranched alkanes of at least 4 members (excludes halogenated alkanes) is 3. The largest absolute Gasteiger partial charge is 0.507 e. The molecule has 1 unspecified atom stereocenters. The van der Waals surface area contributed by atoms with Gasteiger partial charge in [0.05, 0.1) is 18.7 Å². The van der Waals surface area contributed by atoms with Crippen molar-refractivity contribution in [3.63, 3.8) is 0 Å². The first-order valence-corrected chi connectivity index (χ1v) is 10.2. The number of hydrogen-bond acceptors (Lipinski definition) is 5. The zero-order valence-electron chi connectivity index (χ0n) is 17.3. The molecule has 0 radical (unpaired) electrons. The zero-order chi connectivity index (χ0) is 21.7. The number of aromatic hydroxyl groups is 1. The lowest BCUT2D eigenvalue weighted by molar-refractivity contribution is -0.139. The third-order valence-electron chi connectivity index (χ3n) is 5.36. The number of phenols is 1. The van der Waals surface area contributed by atoms with Crippen molar-refractivity contribution in [2.24, 2.45) is 0 Å². The first-order chi connectivity index (χ1) is 14.5. The van der Waals surface area contributed by atoms with E-state index < -0.39 is 17.7 Å². The van der Waals surface area contributed by atoms with Gasteiger partial charge in [-0.2, -0.15) is 0 Å². The van der Waals surface area contributed by atoms with Crippen LogP contribution in [-0.4, -0.2) is 40.5 Å². The van der Waals surface area contributed by atoms with Crippen molar-refractivity contribution < 1.29 is 24.5 Å². The fraction of sp³-hybridized carbons (Fsp3) is 0.333. The summed E-state index contributed by atoms with van der Waals surface area (Å²) in [6, 6.07) is 12.7. The average Bonchev–Trinajstić information content (AvgIpc) is 3.01. The van der Waals surface area contributed by atoms with Crippen LogP contribution in [0.2, 0.25) is 0 Å². The molecule has 1 amide bonds. The van der Waals surface area contributed by atoms with E-state index in [4.69, 9.17) is 4.74 Å². The normalized spacial score (nSPS) is 18.1. The lowest BCUT2D eigenvalue weighted by Crippen LogP contribution is -2.30. The Kier molecular flexibility index (Phi) is 6.77. The molecule has 1 saturated heterocycles. The molecule has 6 nitrogen and oxygen atoms in total. The molecule has 0 spiro atoms. The van der Waals surface area contributed by atoms with E-state index in [1.807, 2.05) is 6.07 Å². The van der Waals surface area contributed by atoms with Gasteiger partial charge in [0.1, 0.15) is 5.76 Å². The lowest BCUT2D eigenvalue weighted by Gasteiger charge is -2.25. The lowest BCUT2D eigenvalue weighted by atomic mass is 9.95. The Hall–Kier alpha value is -3.28. The number of Topliss-reactive ketones (excluding diaryl/α,β-unsaturated/α-hetero) is 1. The van der Waals surface area contributed by atoms with E-state index in [0.717, 1.165) is 25.7 Å². The number of hydrogen-bond donors (Lipinski definition) is 2. The highest BCUT2D eigenvalue weighted by atomic mass is 16.5. The van der Waals surface area contributed by atoms with Crippen LogP contribution in [0, 0.1) is 0 Å². The summed E-state index contributed by atoms with van der Waals surface area (Å²) in [7, 11) is 1.45. The fourth-order valence-corrected chi connectivity index (χ4v) is 3.79. The second-order valence-electron chi connectivity index (χ2n) is 7.35. The van der Waals surface area contributed by atoms with E-state index in [-0.39, 0.29) is 17.1 Å². The molecule has 2 aromatic rings. The summed E-state index contributed by atoms with van der Waals surface area (Å²) in [4.78, 5) is 27.3. The smallest absolute Gasteiger partial charge is 0.295 e. The molecule has 0 bridgehead atoms. The predicted molar refractivity (Wildman–Crippen MR) is 114 cm³/mol. The number of phenolic OH excluding ortho intramolecular Hbond substituents is 1. The summed E-state index contributed by atoms with van der Waals surface area (Å²) in [6.45, 7) is 2.50. The van der Waals surface area contributed by atoms with Crippen LogP contribution in [0.25, 0.3) is 5.76 Å². The summed E-state index contributed by atoms with van der Waals surface area (Å²) in [6.07, 6.45) is 3.80. The quantitative estimate of drug-likeness (QED) is 0.292. The van der Waals surface area contributed by atoms with Gasteiger partial charge in [-0.1, -0.05) is 62.6 Å². The minimum Gasteiger partial charge on any atom is -0.507 e. The van der Waals surface area contributed by atoms with E-state index in [9.17, 15) is 19.8 Å². The first-order valence-electron chi connectivity index (χ1n) is 10.2. The van der Waals surface area contributed by atoms with Crippen LogP contribution in [-0.2, 0) is 9.59 Å². The van der Waals surface area contributed by atoms with E-state index in [1.165, 1.54) is 18.1 Å². The Balaban J connectivity index is 2.08. The Morgan fingerprint density at radius 2 is 1.80 bits per heavy atom. The molecular formula is C24H27NO5. The van der Waals surface area contributed by atoms with Crippen LogP contribution < -0.4 is 4.74 Å². The molecule has 30 heavy (non-hydrogen) atoms. The number of likely N-dealkylation sites (tertiary alicyclic amines) is 1. The molecule has 3 rings (SSSR count). The Labute approximate surface area is 176 Å². The molecule has 0 aliphatic carbocycles. The molecule has 1 aliphatic heterocycles. The SMILES string of the molecule is CCCCCCN1C(=O)C(=O)/C(=C(/O)c2ccccc2)C1c1ccc(OC)c(O)c1. The molecule has 1 heterocycles. The molecule has 0 aromatic heterocycles. The summed E-state index contributed by atoms with van der Waals surface area (Å²) < 4.78 is 5.11. The van der Waals surface area contributed by atoms with Crippen molar-refractivity contribution in [1.82, 2.24) is 4.90 Å². The van der Waals surface area contributed by atoms with Gasteiger partial charge in [-0.25, -0.2) is 0 Å². The van der Waals surface area contributed by atoms with Crippen LogP contribution in [0.5, 0.6) is 11.5 Å². The summed E-state index contributed by atoms with van der Waals surface area (Å²) in [5, 5.41) is 21.2. The number of carbonyl (C=O) groups is 2. The van der Waals surface area contributed by atoms with Crippen LogP contribution in [0.1, 0.15) is 49.8 Å². The van der Waals surface area contributed by atoms with Crippen LogP contribution in [0.15, 0.2) is 54.1 Å². The second-order valence-corrected chi connectivity index (χ2v) is 7.35. The third-order valence-corrected chi connectivity index (χ3v) is 5.36. The number of ketones is 1. The van der Waals surface area contributed by atoms with Gasteiger partial charge in [-0.15, -0.1) is 0 Å². The molecule has 6 heteroatoms. The van der Waals surface area contributed by atoms with E-state index >= 15 is 0 Å². The van der Waals surface area contributed by atoms with Gasteiger partial charge in [-0.05, 0) is 24.1 Å². The van der Waals surface area contributed by atoms with E-state index in [0.29, 0.717) is 23.4 Å². The third kappa shape index (κ3) is 4.17. The number of ether oxygens (including phenoxy) is 1. The first kappa shape index (κ1) is 21.4. The Morgan fingerprint density at radius 3 is 2.43 bits per heavy atom. The Morgan fingerprint density at radius 1 is 1.07 bits per heavy atom. The topological polar surface area (TPSA) is 87.1 Å². The molecule has 0 saturated carbocycles. The van der Waals surface area contributed by atoms with Crippen molar-refractivity contribution in [1.29, 1.82) is 0 Å². The molecule has 2 aromatic carbocycles. The summed E-state index contributed by atoms with van der Waals surface area (Å²) in [5.74, 6) is -1.37. The zero-order valence-corrected chi connectivity index (χ0v) is 17.3. The molecule has 158 valence electrons. The Bertz CT molecular complexity index is 951. The predicted octanol–water partition coefficient (Wildman–Crippen LogP) is 4.40. The minimum absolute atomic E-state index is 0.0336. The average molecular weight is 409 g/mol. The van der Waals surface area contributed by atoms with Gasteiger partial charge in [0.25, 0.3) is 11.7 Å². The number of carbonyl (C=O) groups excluding carboxylic acids is 2. The highest BCUT2D eigenvalue weighted by Crippen LogP contribution is 2.41. The van der Waals surface area contributed by atoms with Crippen molar-refractivity contribution in [2.75, 3.05) is 13.7 Å². The monoisotopic (exact) mass is 409 g/mol. The summed E-state index contributed by atoms with van der Waals surface area (Å²) >= 11 is 0. The number of aliphatic hydroxyl groups is 1. The summed E-state index contributed by atoms with van der Waals surface area (Å²) in [5.41, 5.74) is 1.04. The number of rotatable bonds is 8. The van der Waals surface area contributed by atoms with Gasteiger partial charge < -0.3 is 19.8 Å². The molecule has 1 atom stereocenters. The van der Waals surface area contributed by atoms with E-state index in [1.54, 1.807) is 36.4 Å². The number of benzene rings is 2. The molecule has 2 N–H and O–H groups in total. The van der Waals surface area contributed by atoms with Gasteiger partial charge in [0.2, 0.25) is 0 Å². The van der Waals surface area contributed by atoms with Crippen LogP contribution in [0.3, 0.4) is 0 Å². The van der Waals surface area contributed by atoms with Crippen molar-refractivity contribution in [3.8, 4) is 11.5 Å². The fourth-order valence-electron chi connectivity index (χ4n) is 3.79. The number of amides is 1. The van der Waals surface area contributed by atoms with Crippen molar-refractivity contribution in [2.45, 2.75) is 38.6 Å². The van der Waals surface area contributed by atoms with Crippen molar-refractivity contribution >= 4 is 17.4 Å². The van der Waals surface area contributed by atoms with Gasteiger partial charge in [0.15, 0.2) is 11.5 Å². The second kappa shape index (κ2) is 9.48. The molecule has 1 aliphatic rings. The standard InChI is InChI=1S/C24H27NO5/c1-3-4-5-9-14-25-21(17-12-13-19(30-2)18(26)15-17)20(23(28)24(25)29)22(27)16-10-7-6-8-11-16/h6-8,10-13,15,21,26-27H,3-5,9,14H2,1-2H3/b22-20+. The molecule has 1 fully saturated rings. The van der Waals surface area contributed by atoms with Gasteiger partial charge in [0, 0.05) is 12.1 Å². The highest BCUT2D eigenvalue weighted by Gasteiger charge is 2.45. The minimum atomic E-state index is -0.774. The maximum absolute atomic E-state index is 12.9. The maximum atomic E-state index is 12.9. The maximum Gasteiger partial charge on any atom is 0.295 e. The van der Waals surface area contributed by atoms with Crippen molar-refractivity contribution in [3.05, 3.63) is 65.2 Å². The molecular weight excluding hydrogens is 382 g/mol.